The van der Waals surface area contributed by atoms with Gasteiger partial charge in [-0.25, -0.2) is 4.98 Å². The van der Waals surface area contributed by atoms with E-state index in [-0.39, 0.29) is 6.04 Å². The Kier molecular flexibility index (Phi) is 3.69. The fourth-order valence-electron chi connectivity index (χ4n) is 1.83. The van der Waals surface area contributed by atoms with Crippen molar-refractivity contribution in [1.82, 2.24) is 9.55 Å². The van der Waals surface area contributed by atoms with Crippen LogP contribution in [0, 0.1) is 5.92 Å². The second-order valence-electron chi connectivity index (χ2n) is 4.49. The first-order valence-electron chi connectivity index (χ1n) is 5.29. The number of hydrogen-bond acceptors (Lipinski definition) is 2. The highest BCUT2D eigenvalue weighted by atomic mass is 15.1. The summed E-state index contributed by atoms with van der Waals surface area (Å²) in [5, 5.41) is 0. The van der Waals surface area contributed by atoms with Crippen LogP contribution >= 0.6 is 0 Å². The Morgan fingerprint density at radius 1 is 1.36 bits per heavy atom. The molecule has 0 fully saturated rings. The molecule has 80 valence electrons. The van der Waals surface area contributed by atoms with Crippen molar-refractivity contribution in [2.24, 2.45) is 11.7 Å². The summed E-state index contributed by atoms with van der Waals surface area (Å²) < 4.78 is 2.19. The van der Waals surface area contributed by atoms with E-state index in [1.54, 1.807) is 0 Å². The highest BCUT2D eigenvalue weighted by Gasteiger charge is 2.13. The molecular weight excluding hydrogens is 174 g/mol. The van der Waals surface area contributed by atoms with E-state index in [1.807, 2.05) is 19.4 Å². The molecule has 3 heteroatoms. The molecule has 0 saturated carbocycles. The third-order valence-corrected chi connectivity index (χ3v) is 2.45. The summed E-state index contributed by atoms with van der Waals surface area (Å²) in [4.78, 5) is 4.15. The van der Waals surface area contributed by atoms with Crippen LogP contribution in [-0.2, 0) is 0 Å². The van der Waals surface area contributed by atoms with Crippen LogP contribution in [0.5, 0.6) is 0 Å². The molecule has 1 unspecified atom stereocenters. The first-order valence-corrected chi connectivity index (χ1v) is 5.29. The lowest BCUT2D eigenvalue weighted by atomic mass is 10.0. The van der Waals surface area contributed by atoms with Crippen LogP contribution in [-0.4, -0.2) is 9.55 Å². The summed E-state index contributed by atoms with van der Waals surface area (Å²) in [6, 6.07) is 0.547. The Hall–Kier alpha value is -0.830. The van der Waals surface area contributed by atoms with Gasteiger partial charge in [0.05, 0.1) is 12.0 Å². The third kappa shape index (κ3) is 2.58. The smallest absolute Gasteiger partial charge is 0.0951 e. The highest BCUT2D eigenvalue weighted by Crippen LogP contribution is 2.20. The van der Waals surface area contributed by atoms with Gasteiger partial charge in [0.25, 0.3) is 0 Å². The Morgan fingerprint density at radius 2 is 2.00 bits per heavy atom. The molecule has 0 aliphatic heterocycles. The molecule has 0 aliphatic carbocycles. The highest BCUT2D eigenvalue weighted by molar-refractivity contribution is 5.04. The van der Waals surface area contributed by atoms with Gasteiger partial charge in [0.1, 0.15) is 0 Å². The molecular formula is C11H21N3. The molecule has 0 spiro atoms. The molecule has 1 aromatic rings. The van der Waals surface area contributed by atoms with Gasteiger partial charge in [-0.3, -0.25) is 0 Å². The van der Waals surface area contributed by atoms with Gasteiger partial charge in [0, 0.05) is 18.3 Å². The number of rotatable bonds is 4. The minimum Gasteiger partial charge on any atom is -0.330 e. The molecule has 1 heterocycles. The van der Waals surface area contributed by atoms with E-state index in [9.17, 15) is 0 Å². The summed E-state index contributed by atoms with van der Waals surface area (Å²) >= 11 is 0. The van der Waals surface area contributed by atoms with Gasteiger partial charge in [-0.15, -0.1) is 0 Å². The monoisotopic (exact) mass is 195 g/mol. The molecule has 0 amide bonds. The minimum absolute atomic E-state index is 0.0621. The van der Waals surface area contributed by atoms with E-state index in [0.717, 1.165) is 12.1 Å². The Balaban J connectivity index is 2.78. The summed E-state index contributed by atoms with van der Waals surface area (Å²) in [6.07, 6.45) is 4.91. The molecule has 0 aromatic carbocycles. The third-order valence-electron chi connectivity index (χ3n) is 2.45. The SMILES string of the molecule is CC(C)CC(C)n1cncc1[C@@H](C)N. The average molecular weight is 195 g/mol. The number of imidazole rings is 1. The predicted molar refractivity (Wildman–Crippen MR) is 59.0 cm³/mol. The van der Waals surface area contributed by atoms with Gasteiger partial charge in [-0.2, -0.15) is 0 Å². The number of nitrogens with zero attached hydrogens (tertiary/aromatic N) is 2. The van der Waals surface area contributed by atoms with Gasteiger partial charge in [-0.1, -0.05) is 13.8 Å². The topological polar surface area (TPSA) is 43.8 Å². The molecule has 2 atom stereocenters. The van der Waals surface area contributed by atoms with Crippen molar-refractivity contribution < 1.29 is 0 Å². The quantitative estimate of drug-likeness (QED) is 0.802. The molecule has 3 nitrogen and oxygen atoms in total. The molecule has 0 bridgehead atoms. The van der Waals surface area contributed by atoms with E-state index >= 15 is 0 Å². The molecule has 2 N–H and O–H groups in total. The Bertz CT molecular complexity index is 276. The zero-order valence-corrected chi connectivity index (χ0v) is 9.57. The largest absolute Gasteiger partial charge is 0.330 e. The van der Waals surface area contributed by atoms with Crippen LogP contribution in [0.25, 0.3) is 0 Å². The van der Waals surface area contributed by atoms with Gasteiger partial charge >= 0.3 is 0 Å². The van der Waals surface area contributed by atoms with Crippen molar-refractivity contribution in [1.29, 1.82) is 0 Å². The average Bonchev–Trinajstić information content (AvgIpc) is 2.49. The fraction of sp³-hybridized carbons (Fsp3) is 0.727. The van der Waals surface area contributed by atoms with Crippen molar-refractivity contribution in [3.8, 4) is 0 Å². The van der Waals surface area contributed by atoms with Crippen LogP contribution in [0.2, 0.25) is 0 Å². The lowest BCUT2D eigenvalue weighted by Gasteiger charge is -2.19. The van der Waals surface area contributed by atoms with Gasteiger partial charge < -0.3 is 10.3 Å². The minimum atomic E-state index is 0.0621. The zero-order chi connectivity index (χ0) is 10.7. The maximum absolute atomic E-state index is 5.87. The van der Waals surface area contributed by atoms with Crippen molar-refractivity contribution in [2.45, 2.75) is 46.2 Å². The van der Waals surface area contributed by atoms with Crippen molar-refractivity contribution in [2.75, 3.05) is 0 Å². The maximum atomic E-state index is 5.87. The van der Waals surface area contributed by atoms with E-state index in [1.165, 1.54) is 0 Å². The van der Waals surface area contributed by atoms with Gasteiger partial charge in [0.2, 0.25) is 0 Å². The normalized spacial score (nSPS) is 15.9. The lowest BCUT2D eigenvalue weighted by molar-refractivity contribution is 0.414. The van der Waals surface area contributed by atoms with Crippen molar-refractivity contribution in [3.63, 3.8) is 0 Å². The van der Waals surface area contributed by atoms with Crippen LogP contribution in [0.15, 0.2) is 12.5 Å². The fourth-order valence-corrected chi connectivity index (χ4v) is 1.83. The van der Waals surface area contributed by atoms with Crippen LogP contribution in [0.4, 0.5) is 0 Å². The number of hydrogen-bond donors (Lipinski definition) is 1. The standard InChI is InChI=1S/C11H21N3/c1-8(2)5-9(3)14-7-13-6-11(14)10(4)12/h6-10H,5,12H2,1-4H3/t9?,10-/m1/s1. The summed E-state index contributed by atoms with van der Waals surface area (Å²) in [5.74, 6) is 0.702. The summed E-state index contributed by atoms with van der Waals surface area (Å²) in [6.45, 7) is 8.68. The molecule has 1 rings (SSSR count). The first-order chi connectivity index (χ1) is 6.52. The molecule has 0 aliphatic rings. The molecule has 0 radical (unpaired) electrons. The zero-order valence-electron chi connectivity index (χ0n) is 9.57. The molecule has 0 saturated heterocycles. The van der Waals surface area contributed by atoms with E-state index < -0.39 is 0 Å². The van der Waals surface area contributed by atoms with E-state index in [4.69, 9.17) is 5.73 Å². The number of aromatic nitrogens is 2. The van der Waals surface area contributed by atoms with Crippen LogP contribution in [0.1, 0.15) is 51.9 Å². The summed E-state index contributed by atoms with van der Waals surface area (Å²) in [5.41, 5.74) is 6.99. The first kappa shape index (κ1) is 11.2. The van der Waals surface area contributed by atoms with Crippen LogP contribution in [0.3, 0.4) is 0 Å². The van der Waals surface area contributed by atoms with Gasteiger partial charge in [-0.05, 0) is 26.2 Å². The van der Waals surface area contributed by atoms with Crippen LogP contribution < -0.4 is 5.73 Å². The second kappa shape index (κ2) is 4.60. The van der Waals surface area contributed by atoms with Gasteiger partial charge in [0.15, 0.2) is 0 Å². The summed E-state index contributed by atoms with van der Waals surface area (Å²) in [7, 11) is 0. The lowest BCUT2D eigenvalue weighted by Crippen LogP contribution is -2.15. The Morgan fingerprint density at radius 3 is 2.50 bits per heavy atom. The maximum Gasteiger partial charge on any atom is 0.0951 e. The van der Waals surface area contributed by atoms with Crippen molar-refractivity contribution in [3.05, 3.63) is 18.2 Å². The van der Waals surface area contributed by atoms with E-state index in [2.05, 4.69) is 30.3 Å². The molecule has 14 heavy (non-hydrogen) atoms. The van der Waals surface area contributed by atoms with Crippen molar-refractivity contribution >= 4 is 0 Å². The van der Waals surface area contributed by atoms with E-state index in [0.29, 0.717) is 12.0 Å². The Labute approximate surface area is 86.3 Å². The number of nitrogens with two attached hydrogens (primary N) is 1. The predicted octanol–water partition coefficient (Wildman–Crippen LogP) is 2.51. The molecule has 1 aromatic heterocycles. The second-order valence-corrected chi connectivity index (χ2v) is 4.49.